The van der Waals surface area contributed by atoms with E-state index in [0.717, 1.165) is 32.0 Å². The smallest absolute Gasteiger partial charge is 0.191 e. The van der Waals surface area contributed by atoms with Gasteiger partial charge in [0.2, 0.25) is 0 Å². The molecule has 0 fully saturated rings. The van der Waals surface area contributed by atoms with E-state index in [9.17, 15) is 0 Å². The normalized spacial score (nSPS) is 12.6. The van der Waals surface area contributed by atoms with Crippen molar-refractivity contribution >= 4 is 29.9 Å². The van der Waals surface area contributed by atoms with Crippen LogP contribution in [0.1, 0.15) is 39.2 Å². The molecule has 1 rings (SSSR count). The Kier molecular flexibility index (Phi) is 15.8. The molecule has 150 valence electrons. The minimum Gasteiger partial charge on any atom is -0.375 e. The average molecular weight is 476 g/mol. The van der Waals surface area contributed by atoms with Crippen molar-refractivity contribution in [2.45, 2.75) is 46.3 Å². The summed E-state index contributed by atoms with van der Waals surface area (Å²) in [6.07, 6.45) is 2.34. The average Bonchev–Trinajstić information content (AvgIpc) is 2.65. The molecular formula is C20H37IN4O. The second kappa shape index (κ2) is 16.3. The molecule has 0 radical (unpaired) electrons. The van der Waals surface area contributed by atoms with Gasteiger partial charge in [0.1, 0.15) is 0 Å². The number of nitrogens with zero attached hydrogens (tertiary/aromatic N) is 2. The Morgan fingerprint density at radius 1 is 1.19 bits per heavy atom. The number of rotatable bonds is 12. The zero-order chi connectivity index (χ0) is 18.3. The van der Waals surface area contributed by atoms with E-state index in [2.05, 4.69) is 53.4 Å². The number of aliphatic imine (C=N–C) groups is 1. The van der Waals surface area contributed by atoms with Gasteiger partial charge in [-0.05, 0) is 45.0 Å². The molecule has 1 aromatic rings. The molecule has 0 bridgehead atoms. The van der Waals surface area contributed by atoms with Crippen molar-refractivity contribution in [2.75, 3.05) is 39.8 Å². The largest absolute Gasteiger partial charge is 0.375 e. The van der Waals surface area contributed by atoms with Crippen molar-refractivity contribution in [2.24, 2.45) is 4.99 Å². The van der Waals surface area contributed by atoms with Crippen molar-refractivity contribution in [3.05, 3.63) is 35.9 Å². The maximum absolute atomic E-state index is 5.68. The molecule has 6 heteroatoms. The summed E-state index contributed by atoms with van der Waals surface area (Å²) in [6, 6.07) is 10.6. The van der Waals surface area contributed by atoms with Gasteiger partial charge in [0.05, 0.1) is 13.2 Å². The van der Waals surface area contributed by atoms with Gasteiger partial charge in [-0.2, -0.15) is 0 Å². The molecule has 1 atom stereocenters. The summed E-state index contributed by atoms with van der Waals surface area (Å²) in [4.78, 5) is 6.75. The van der Waals surface area contributed by atoms with Crippen LogP contribution in [0.2, 0.25) is 0 Å². The van der Waals surface area contributed by atoms with E-state index < -0.39 is 0 Å². The zero-order valence-corrected chi connectivity index (χ0v) is 19.2. The number of benzene rings is 1. The zero-order valence-electron chi connectivity index (χ0n) is 16.8. The maximum Gasteiger partial charge on any atom is 0.191 e. The molecule has 0 aliphatic heterocycles. The highest BCUT2D eigenvalue weighted by Gasteiger charge is 2.06. The molecule has 0 spiro atoms. The maximum atomic E-state index is 5.68. The first-order valence-corrected chi connectivity index (χ1v) is 9.50. The Balaban J connectivity index is 0.00000625. The molecule has 0 aromatic heterocycles. The second-order valence-electron chi connectivity index (χ2n) is 6.25. The number of nitrogens with one attached hydrogen (secondary N) is 2. The van der Waals surface area contributed by atoms with E-state index in [1.165, 1.54) is 18.5 Å². The van der Waals surface area contributed by atoms with E-state index in [1.807, 2.05) is 25.2 Å². The van der Waals surface area contributed by atoms with E-state index in [1.54, 1.807) is 0 Å². The Bertz CT molecular complexity index is 466. The SMILES string of the molecule is CCN(CC)CCCC(C)NC(=NC)NCCOCc1ccccc1.I. The first-order valence-electron chi connectivity index (χ1n) is 9.50. The van der Waals surface area contributed by atoms with Gasteiger partial charge in [0.15, 0.2) is 5.96 Å². The lowest BCUT2D eigenvalue weighted by Gasteiger charge is -2.21. The highest BCUT2D eigenvalue weighted by molar-refractivity contribution is 14.0. The van der Waals surface area contributed by atoms with Crippen LogP contribution in [0.3, 0.4) is 0 Å². The molecule has 1 unspecified atom stereocenters. The van der Waals surface area contributed by atoms with E-state index in [0.29, 0.717) is 19.3 Å². The number of halogens is 1. The molecule has 1 aromatic carbocycles. The summed E-state index contributed by atoms with van der Waals surface area (Å²) in [5.41, 5.74) is 1.20. The summed E-state index contributed by atoms with van der Waals surface area (Å²) in [5.74, 6) is 0.846. The van der Waals surface area contributed by atoms with Crippen molar-refractivity contribution in [3.8, 4) is 0 Å². The minimum absolute atomic E-state index is 0. The summed E-state index contributed by atoms with van der Waals surface area (Å²) in [7, 11) is 1.81. The van der Waals surface area contributed by atoms with Gasteiger partial charge in [-0.25, -0.2) is 0 Å². The third-order valence-electron chi connectivity index (χ3n) is 4.26. The monoisotopic (exact) mass is 476 g/mol. The fourth-order valence-corrected chi connectivity index (χ4v) is 2.67. The van der Waals surface area contributed by atoms with Crippen molar-refractivity contribution < 1.29 is 4.74 Å². The quantitative estimate of drug-likeness (QED) is 0.210. The molecule has 2 N–H and O–H groups in total. The number of guanidine groups is 1. The third-order valence-corrected chi connectivity index (χ3v) is 4.26. The van der Waals surface area contributed by atoms with Crippen molar-refractivity contribution in [3.63, 3.8) is 0 Å². The molecular weight excluding hydrogens is 439 g/mol. The lowest BCUT2D eigenvalue weighted by atomic mass is 10.2. The predicted molar refractivity (Wildman–Crippen MR) is 122 cm³/mol. The highest BCUT2D eigenvalue weighted by Crippen LogP contribution is 2.00. The lowest BCUT2D eigenvalue weighted by molar-refractivity contribution is 0.125. The molecule has 0 heterocycles. The van der Waals surface area contributed by atoms with Gasteiger partial charge in [0.25, 0.3) is 0 Å². The Morgan fingerprint density at radius 2 is 1.88 bits per heavy atom. The summed E-state index contributed by atoms with van der Waals surface area (Å²) in [6.45, 7) is 12.1. The Labute approximate surface area is 177 Å². The van der Waals surface area contributed by atoms with Crippen LogP contribution in [-0.2, 0) is 11.3 Å². The molecule has 0 saturated heterocycles. The standard InChI is InChI=1S/C20H36N4O.HI/c1-5-24(6-2)15-10-11-18(3)23-20(21-4)22-14-16-25-17-19-12-8-7-9-13-19;/h7-9,12-13,18H,5-6,10-11,14-17H2,1-4H3,(H2,21,22,23);1H. The minimum atomic E-state index is 0. The van der Waals surface area contributed by atoms with E-state index >= 15 is 0 Å². The van der Waals surface area contributed by atoms with Gasteiger partial charge in [-0.15, -0.1) is 24.0 Å². The lowest BCUT2D eigenvalue weighted by Crippen LogP contribution is -2.43. The van der Waals surface area contributed by atoms with Crippen LogP contribution in [0.5, 0.6) is 0 Å². The van der Waals surface area contributed by atoms with E-state index in [-0.39, 0.29) is 24.0 Å². The molecule has 26 heavy (non-hydrogen) atoms. The molecule has 0 aliphatic carbocycles. The highest BCUT2D eigenvalue weighted by atomic mass is 127. The Morgan fingerprint density at radius 3 is 2.50 bits per heavy atom. The van der Waals surface area contributed by atoms with E-state index in [4.69, 9.17) is 4.74 Å². The first-order chi connectivity index (χ1) is 12.2. The van der Waals surface area contributed by atoms with Crippen LogP contribution in [0.15, 0.2) is 35.3 Å². The molecule has 0 saturated carbocycles. The first kappa shape index (κ1) is 25.1. The summed E-state index contributed by atoms with van der Waals surface area (Å²) in [5, 5.41) is 6.76. The van der Waals surface area contributed by atoms with Gasteiger partial charge in [-0.1, -0.05) is 44.2 Å². The molecule has 5 nitrogen and oxygen atoms in total. The number of hydrogen-bond donors (Lipinski definition) is 2. The van der Waals surface area contributed by atoms with Gasteiger partial charge >= 0.3 is 0 Å². The van der Waals surface area contributed by atoms with Gasteiger partial charge in [0, 0.05) is 19.6 Å². The van der Waals surface area contributed by atoms with Crippen LogP contribution in [-0.4, -0.2) is 56.7 Å². The fourth-order valence-electron chi connectivity index (χ4n) is 2.67. The predicted octanol–water partition coefficient (Wildman–Crippen LogP) is 3.50. The molecule has 0 aliphatic rings. The fraction of sp³-hybridized carbons (Fsp3) is 0.650. The number of hydrogen-bond acceptors (Lipinski definition) is 3. The van der Waals surface area contributed by atoms with Crippen LogP contribution < -0.4 is 10.6 Å². The van der Waals surface area contributed by atoms with Crippen LogP contribution in [0.4, 0.5) is 0 Å². The van der Waals surface area contributed by atoms with Crippen LogP contribution >= 0.6 is 24.0 Å². The summed E-state index contributed by atoms with van der Waals surface area (Å²) < 4.78 is 5.68. The van der Waals surface area contributed by atoms with Crippen molar-refractivity contribution in [1.82, 2.24) is 15.5 Å². The van der Waals surface area contributed by atoms with Crippen LogP contribution in [0.25, 0.3) is 0 Å². The molecule has 0 amide bonds. The van der Waals surface area contributed by atoms with Crippen LogP contribution in [0, 0.1) is 0 Å². The van der Waals surface area contributed by atoms with Crippen molar-refractivity contribution in [1.29, 1.82) is 0 Å². The second-order valence-corrected chi connectivity index (χ2v) is 6.25. The van der Waals surface area contributed by atoms with Gasteiger partial charge in [-0.3, -0.25) is 4.99 Å². The third kappa shape index (κ3) is 11.7. The summed E-state index contributed by atoms with van der Waals surface area (Å²) >= 11 is 0. The topological polar surface area (TPSA) is 48.9 Å². The number of ether oxygens (including phenoxy) is 1. The van der Waals surface area contributed by atoms with Gasteiger partial charge < -0.3 is 20.3 Å². The Hall–Kier alpha value is -0.860.